The number of nitrogens with zero attached hydrogens (tertiary/aromatic N) is 3. The van der Waals surface area contributed by atoms with Gasteiger partial charge < -0.3 is 5.11 Å². The smallest absolute Gasteiger partial charge is 0.339 e. The molecular formula is C14H13N3O2. The first-order chi connectivity index (χ1) is 9.01. The number of hydrogen-bond donors (Lipinski definition) is 1. The van der Waals surface area contributed by atoms with Crippen molar-refractivity contribution in [3.8, 4) is 6.07 Å². The van der Waals surface area contributed by atoms with Crippen LogP contribution in [-0.4, -0.2) is 20.9 Å². The zero-order chi connectivity index (χ0) is 14.0. The van der Waals surface area contributed by atoms with Gasteiger partial charge in [0.25, 0.3) is 0 Å². The minimum atomic E-state index is -0.972. The minimum absolute atomic E-state index is 0.214. The number of carboxylic acid groups (broad SMARTS) is 1. The molecule has 1 aromatic carbocycles. The Kier molecular flexibility index (Phi) is 3.34. The molecular weight excluding hydrogens is 242 g/mol. The van der Waals surface area contributed by atoms with Gasteiger partial charge >= 0.3 is 5.97 Å². The lowest BCUT2D eigenvalue weighted by Gasteiger charge is -2.06. The maximum atomic E-state index is 10.9. The van der Waals surface area contributed by atoms with Gasteiger partial charge in [-0.3, -0.25) is 4.68 Å². The van der Waals surface area contributed by atoms with Crippen LogP contribution in [0.1, 0.15) is 32.7 Å². The third-order valence-electron chi connectivity index (χ3n) is 2.98. The molecule has 1 N–H and O–H groups in total. The Morgan fingerprint density at radius 1 is 1.47 bits per heavy atom. The zero-order valence-corrected chi connectivity index (χ0v) is 10.7. The molecule has 96 valence electrons. The highest BCUT2D eigenvalue weighted by atomic mass is 16.4. The highest BCUT2D eigenvalue weighted by molar-refractivity contribution is 5.88. The van der Waals surface area contributed by atoms with Gasteiger partial charge in [0.15, 0.2) is 0 Å². The summed E-state index contributed by atoms with van der Waals surface area (Å²) in [6, 6.07) is 7.51. The summed E-state index contributed by atoms with van der Waals surface area (Å²) in [4.78, 5) is 10.9. The second-order valence-electron chi connectivity index (χ2n) is 4.38. The van der Waals surface area contributed by atoms with Crippen molar-refractivity contribution < 1.29 is 9.90 Å². The van der Waals surface area contributed by atoms with Crippen molar-refractivity contribution in [1.29, 1.82) is 5.26 Å². The molecule has 0 unspecified atom stereocenters. The predicted molar refractivity (Wildman–Crippen MR) is 68.9 cm³/mol. The number of aromatic carboxylic acids is 1. The van der Waals surface area contributed by atoms with Crippen LogP contribution in [0, 0.1) is 25.2 Å². The third kappa shape index (κ3) is 2.63. The lowest BCUT2D eigenvalue weighted by molar-refractivity contribution is 0.0696. The van der Waals surface area contributed by atoms with Crippen LogP contribution >= 0.6 is 0 Å². The molecule has 0 bridgehead atoms. The second kappa shape index (κ2) is 4.94. The fourth-order valence-electron chi connectivity index (χ4n) is 1.93. The molecule has 0 aliphatic rings. The summed E-state index contributed by atoms with van der Waals surface area (Å²) in [7, 11) is 0. The average Bonchev–Trinajstić information content (AvgIpc) is 2.73. The van der Waals surface area contributed by atoms with Crippen LogP contribution < -0.4 is 0 Å². The van der Waals surface area contributed by atoms with Gasteiger partial charge in [0.1, 0.15) is 5.56 Å². The van der Waals surface area contributed by atoms with Crippen molar-refractivity contribution in [2.45, 2.75) is 20.4 Å². The van der Waals surface area contributed by atoms with Crippen LogP contribution in [0.2, 0.25) is 0 Å². The molecule has 19 heavy (non-hydrogen) atoms. The molecule has 5 heteroatoms. The molecule has 0 spiro atoms. The molecule has 0 aliphatic heterocycles. The van der Waals surface area contributed by atoms with Gasteiger partial charge in [0.2, 0.25) is 0 Å². The number of aryl methyl sites for hydroxylation is 2. The molecule has 2 rings (SSSR count). The first-order valence-corrected chi connectivity index (χ1v) is 5.78. The summed E-state index contributed by atoms with van der Waals surface area (Å²) in [5, 5.41) is 22.0. The van der Waals surface area contributed by atoms with Gasteiger partial charge in [-0.2, -0.15) is 10.4 Å². The Balaban J connectivity index is 2.29. The van der Waals surface area contributed by atoms with E-state index < -0.39 is 5.97 Å². The highest BCUT2D eigenvalue weighted by Crippen LogP contribution is 2.13. The number of carboxylic acids is 1. The van der Waals surface area contributed by atoms with Gasteiger partial charge in [-0.25, -0.2) is 4.79 Å². The Morgan fingerprint density at radius 3 is 2.74 bits per heavy atom. The van der Waals surface area contributed by atoms with E-state index in [9.17, 15) is 4.79 Å². The number of nitriles is 1. The molecule has 0 fully saturated rings. The van der Waals surface area contributed by atoms with E-state index in [1.165, 1.54) is 6.20 Å². The summed E-state index contributed by atoms with van der Waals surface area (Å²) < 4.78 is 1.60. The molecule has 2 aromatic rings. The van der Waals surface area contributed by atoms with E-state index in [1.807, 2.05) is 19.1 Å². The van der Waals surface area contributed by atoms with E-state index in [1.54, 1.807) is 17.7 Å². The lowest BCUT2D eigenvalue weighted by atomic mass is 10.1. The molecule has 5 nitrogen and oxygen atoms in total. The van der Waals surface area contributed by atoms with E-state index in [4.69, 9.17) is 10.4 Å². The van der Waals surface area contributed by atoms with E-state index >= 15 is 0 Å². The Morgan fingerprint density at radius 2 is 2.21 bits per heavy atom. The quantitative estimate of drug-likeness (QED) is 0.911. The van der Waals surface area contributed by atoms with E-state index in [-0.39, 0.29) is 5.56 Å². The maximum Gasteiger partial charge on any atom is 0.339 e. The number of benzene rings is 1. The molecule has 0 aliphatic carbocycles. The van der Waals surface area contributed by atoms with Crippen LogP contribution in [0.3, 0.4) is 0 Å². The van der Waals surface area contributed by atoms with Crippen molar-refractivity contribution in [2.75, 3.05) is 0 Å². The van der Waals surface area contributed by atoms with E-state index in [0.717, 1.165) is 11.1 Å². The van der Waals surface area contributed by atoms with Crippen molar-refractivity contribution in [1.82, 2.24) is 9.78 Å². The van der Waals surface area contributed by atoms with Crippen molar-refractivity contribution in [3.63, 3.8) is 0 Å². The van der Waals surface area contributed by atoms with E-state index in [2.05, 4.69) is 11.2 Å². The topological polar surface area (TPSA) is 78.9 Å². The second-order valence-corrected chi connectivity index (χ2v) is 4.38. The lowest BCUT2D eigenvalue weighted by Crippen LogP contribution is -2.02. The van der Waals surface area contributed by atoms with Crippen LogP contribution in [-0.2, 0) is 6.54 Å². The summed E-state index contributed by atoms with van der Waals surface area (Å²) in [6.45, 7) is 4.09. The number of carbonyl (C=O) groups is 1. The summed E-state index contributed by atoms with van der Waals surface area (Å²) in [5.74, 6) is -0.972. The SMILES string of the molecule is Cc1cc(C#N)ccc1Cn1cc(C(=O)O)c(C)n1. The number of hydrogen-bond acceptors (Lipinski definition) is 3. The van der Waals surface area contributed by atoms with Crippen molar-refractivity contribution in [2.24, 2.45) is 0 Å². The molecule has 0 saturated carbocycles. The Labute approximate surface area is 110 Å². The largest absolute Gasteiger partial charge is 0.478 e. The molecule has 1 heterocycles. The van der Waals surface area contributed by atoms with Gasteiger partial charge in [0.05, 0.1) is 23.9 Å². The summed E-state index contributed by atoms with van der Waals surface area (Å²) in [6.07, 6.45) is 1.52. The maximum absolute atomic E-state index is 10.9. The Bertz CT molecular complexity index is 680. The van der Waals surface area contributed by atoms with Crippen molar-refractivity contribution in [3.05, 3.63) is 52.3 Å². The molecule has 0 amide bonds. The molecule has 0 atom stereocenters. The fourth-order valence-corrected chi connectivity index (χ4v) is 1.93. The summed E-state index contributed by atoms with van der Waals surface area (Å²) in [5.41, 5.74) is 3.33. The third-order valence-corrected chi connectivity index (χ3v) is 2.98. The summed E-state index contributed by atoms with van der Waals surface area (Å²) >= 11 is 0. The average molecular weight is 255 g/mol. The first kappa shape index (κ1) is 12.8. The monoisotopic (exact) mass is 255 g/mol. The molecule has 0 saturated heterocycles. The Hall–Kier alpha value is -2.61. The van der Waals surface area contributed by atoms with Crippen LogP contribution in [0.4, 0.5) is 0 Å². The van der Waals surface area contributed by atoms with Crippen molar-refractivity contribution >= 4 is 5.97 Å². The normalized spacial score (nSPS) is 10.2. The van der Waals surface area contributed by atoms with E-state index in [0.29, 0.717) is 17.8 Å². The number of rotatable bonds is 3. The predicted octanol–water partition coefficient (Wildman–Crippen LogP) is 2.12. The first-order valence-electron chi connectivity index (χ1n) is 5.78. The molecule has 1 aromatic heterocycles. The standard InChI is InChI=1S/C14H13N3O2/c1-9-5-11(6-15)3-4-12(9)7-17-8-13(14(18)19)10(2)16-17/h3-5,8H,7H2,1-2H3,(H,18,19). The van der Waals surface area contributed by atoms with Gasteiger partial charge in [-0.15, -0.1) is 0 Å². The van der Waals surface area contributed by atoms with Crippen LogP contribution in [0.5, 0.6) is 0 Å². The number of aromatic nitrogens is 2. The fraction of sp³-hybridized carbons (Fsp3) is 0.214. The van der Waals surface area contributed by atoms with Gasteiger partial charge in [-0.1, -0.05) is 6.07 Å². The zero-order valence-electron chi connectivity index (χ0n) is 10.7. The minimum Gasteiger partial charge on any atom is -0.478 e. The van der Waals surface area contributed by atoms with Crippen LogP contribution in [0.25, 0.3) is 0 Å². The van der Waals surface area contributed by atoms with Gasteiger partial charge in [-0.05, 0) is 37.1 Å². The highest BCUT2D eigenvalue weighted by Gasteiger charge is 2.12. The van der Waals surface area contributed by atoms with Gasteiger partial charge in [0, 0.05) is 6.20 Å². The molecule has 0 radical (unpaired) electrons. The van der Waals surface area contributed by atoms with Crippen LogP contribution in [0.15, 0.2) is 24.4 Å².